The van der Waals surface area contributed by atoms with E-state index in [0.29, 0.717) is 6.04 Å². The van der Waals surface area contributed by atoms with E-state index in [1.165, 1.54) is 26.5 Å². The molecule has 1 atom stereocenters. The lowest BCUT2D eigenvalue weighted by Crippen LogP contribution is -2.53. The van der Waals surface area contributed by atoms with Crippen molar-refractivity contribution < 1.29 is 9.53 Å². The highest BCUT2D eigenvalue weighted by Gasteiger charge is 2.31. The van der Waals surface area contributed by atoms with Crippen molar-refractivity contribution in [3.63, 3.8) is 0 Å². The highest BCUT2D eigenvalue weighted by molar-refractivity contribution is 5.76. The van der Waals surface area contributed by atoms with Crippen LogP contribution in [0.25, 0.3) is 0 Å². The van der Waals surface area contributed by atoms with E-state index in [0.717, 1.165) is 38.6 Å². The molecule has 20 heavy (non-hydrogen) atoms. The van der Waals surface area contributed by atoms with Gasteiger partial charge in [-0.05, 0) is 18.8 Å². The van der Waals surface area contributed by atoms with Crippen molar-refractivity contribution in [1.29, 1.82) is 0 Å². The topological polar surface area (TPSA) is 44.8 Å². The molecule has 5 heteroatoms. The molecule has 0 amide bonds. The van der Waals surface area contributed by atoms with Gasteiger partial charge in [-0.15, -0.1) is 0 Å². The fraction of sp³-hybridized carbons (Fsp3) is 0.933. The Morgan fingerprint density at radius 2 is 1.70 bits per heavy atom. The van der Waals surface area contributed by atoms with E-state index >= 15 is 0 Å². The number of methoxy groups -OCH3 is 1. The number of carbonyl (C=O) groups excluding carboxylic acids is 1. The lowest BCUT2D eigenvalue weighted by Gasteiger charge is -2.36. The molecular formula is C15H29N3O2. The summed E-state index contributed by atoms with van der Waals surface area (Å²) in [5, 5.41) is 3.40. The molecule has 1 saturated carbocycles. The van der Waals surface area contributed by atoms with Crippen LogP contribution < -0.4 is 5.32 Å². The average Bonchev–Trinajstić information content (AvgIpc) is 3.22. The first-order chi connectivity index (χ1) is 9.58. The zero-order valence-corrected chi connectivity index (χ0v) is 13.1. The van der Waals surface area contributed by atoms with E-state index in [1.54, 1.807) is 0 Å². The molecule has 0 spiro atoms. The predicted octanol–water partition coefficient (Wildman–Crippen LogP) is 0.554. The smallest absolute Gasteiger partial charge is 0.324 e. The zero-order chi connectivity index (χ0) is 14.5. The molecule has 0 aromatic carbocycles. The average molecular weight is 283 g/mol. The fourth-order valence-corrected chi connectivity index (χ4v) is 2.80. The Kier molecular flexibility index (Phi) is 5.81. The fourth-order valence-electron chi connectivity index (χ4n) is 2.80. The molecule has 1 N–H and O–H groups in total. The number of esters is 1. The van der Waals surface area contributed by atoms with Crippen LogP contribution in [0.5, 0.6) is 0 Å². The van der Waals surface area contributed by atoms with Gasteiger partial charge in [0.25, 0.3) is 0 Å². The summed E-state index contributed by atoms with van der Waals surface area (Å²) in [5.74, 6) is 0.599. The van der Waals surface area contributed by atoms with Crippen molar-refractivity contribution in [2.24, 2.45) is 5.92 Å². The van der Waals surface area contributed by atoms with Crippen LogP contribution in [-0.4, -0.2) is 74.2 Å². The lowest BCUT2D eigenvalue weighted by molar-refractivity contribution is -0.143. The van der Waals surface area contributed by atoms with Gasteiger partial charge in [-0.2, -0.15) is 0 Å². The maximum atomic E-state index is 11.8. The third-order valence-corrected chi connectivity index (χ3v) is 4.03. The molecule has 2 rings (SSSR count). The van der Waals surface area contributed by atoms with Crippen molar-refractivity contribution >= 4 is 5.97 Å². The van der Waals surface area contributed by atoms with E-state index < -0.39 is 0 Å². The number of nitrogens with one attached hydrogen (secondary N) is 1. The van der Waals surface area contributed by atoms with Crippen LogP contribution in [0.3, 0.4) is 0 Å². The molecule has 1 aliphatic carbocycles. The number of piperazine rings is 1. The normalized spacial score (nSPS) is 23.0. The second-order valence-corrected chi connectivity index (χ2v) is 6.51. The van der Waals surface area contributed by atoms with Crippen molar-refractivity contribution in [3.8, 4) is 0 Å². The first-order valence-corrected chi connectivity index (χ1v) is 7.87. The van der Waals surface area contributed by atoms with E-state index in [9.17, 15) is 4.79 Å². The van der Waals surface area contributed by atoms with Gasteiger partial charge in [0.2, 0.25) is 0 Å². The van der Waals surface area contributed by atoms with E-state index in [-0.39, 0.29) is 12.0 Å². The Balaban J connectivity index is 1.75. The third-order valence-electron chi connectivity index (χ3n) is 4.03. The molecule has 0 aromatic rings. The van der Waals surface area contributed by atoms with Gasteiger partial charge in [0.1, 0.15) is 6.04 Å². The van der Waals surface area contributed by atoms with Crippen LogP contribution >= 0.6 is 0 Å². The minimum absolute atomic E-state index is 0.124. The van der Waals surface area contributed by atoms with Crippen LogP contribution in [0.2, 0.25) is 0 Å². The largest absolute Gasteiger partial charge is 0.468 e. The number of hydrogen-bond donors (Lipinski definition) is 1. The van der Waals surface area contributed by atoms with Crippen molar-refractivity contribution in [3.05, 3.63) is 0 Å². The summed E-state index contributed by atoms with van der Waals surface area (Å²) in [5.41, 5.74) is 0. The number of rotatable bonds is 7. The highest BCUT2D eigenvalue weighted by Crippen LogP contribution is 2.20. The Hall–Kier alpha value is -0.650. The summed E-state index contributed by atoms with van der Waals surface area (Å²) in [6.07, 6.45) is 2.38. The highest BCUT2D eigenvalue weighted by atomic mass is 16.5. The molecule has 1 unspecified atom stereocenters. The van der Waals surface area contributed by atoms with Gasteiger partial charge in [0.15, 0.2) is 0 Å². The minimum Gasteiger partial charge on any atom is -0.468 e. The second-order valence-electron chi connectivity index (χ2n) is 6.51. The summed E-state index contributed by atoms with van der Waals surface area (Å²) in [7, 11) is 1.48. The Morgan fingerprint density at radius 1 is 1.15 bits per heavy atom. The molecule has 1 saturated heterocycles. The van der Waals surface area contributed by atoms with Crippen molar-refractivity contribution in [2.75, 3.05) is 46.4 Å². The van der Waals surface area contributed by atoms with Gasteiger partial charge >= 0.3 is 5.97 Å². The van der Waals surface area contributed by atoms with Gasteiger partial charge in [-0.3, -0.25) is 9.69 Å². The molecule has 2 fully saturated rings. The molecule has 0 aromatic heterocycles. The Labute approximate surface area is 122 Å². The maximum Gasteiger partial charge on any atom is 0.324 e. The first kappa shape index (κ1) is 15.7. The van der Waals surface area contributed by atoms with E-state index in [4.69, 9.17) is 4.74 Å². The minimum atomic E-state index is -0.163. The first-order valence-electron chi connectivity index (χ1n) is 7.87. The SMILES string of the molecule is COC(=O)C(CN1CCN(CC(C)C)CC1)NC1CC1. The molecule has 1 heterocycles. The van der Waals surface area contributed by atoms with E-state index in [2.05, 4.69) is 29.0 Å². The van der Waals surface area contributed by atoms with Crippen LogP contribution in [-0.2, 0) is 9.53 Å². The number of hydrogen-bond acceptors (Lipinski definition) is 5. The number of ether oxygens (including phenoxy) is 1. The molecule has 1 aliphatic heterocycles. The van der Waals surface area contributed by atoms with Gasteiger partial charge in [0, 0.05) is 45.3 Å². The van der Waals surface area contributed by atoms with E-state index in [1.807, 2.05) is 0 Å². The van der Waals surface area contributed by atoms with Crippen LogP contribution in [0.15, 0.2) is 0 Å². The standard InChI is InChI=1S/C15H29N3O2/c1-12(2)10-17-6-8-18(9-7-17)11-14(15(19)20-3)16-13-4-5-13/h12-14,16H,4-11H2,1-3H3. The quantitative estimate of drug-likeness (QED) is 0.692. The summed E-state index contributed by atoms with van der Waals surface area (Å²) in [6, 6.07) is 0.366. The van der Waals surface area contributed by atoms with Crippen LogP contribution in [0, 0.1) is 5.92 Å². The lowest BCUT2D eigenvalue weighted by atomic mass is 10.2. The summed E-state index contributed by atoms with van der Waals surface area (Å²) in [4.78, 5) is 16.7. The van der Waals surface area contributed by atoms with Gasteiger partial charge in [0.05, 0.1) is 7.11 Å². The van der Waals surface area contributed by atoms with Crippen LogP contribution in [0.1, 0.15) is 26.7 Å². The maximum absolute atomic E-state index is 11.8. The van der Waals surface area contributed by atoms with Crippen molar-refractivity contribution in [1.82, 2.24) is 15.1 Å². The Morgan fingerprint density at radius 3 is 2.15 bits per heavy atom. The number of carbonyl (C=O) groups is 1. The number of nitrogens with zero attached hydrogens (tertiary/aromatic N) is 2. The van der Waals surface area contributed by atoms with Gasteiger partial charge in [-0.25, -0.2) is 0 Å². The second kappa shape index (κ2) is 7.38. The molecule has 0 radical (unpaired) electrons. The van der Waals surface area contributed by atoms with Crippen molar-refractivity contribution in [2.45, 2.75) is 38.8 Å². The van der Waals surface area contributed by atoms with Crippen LogP contribution in [0.4, 0.5) is 0 Å². The molecule has 2 aliphatic rings. The monoisotopic (exact) mass is 283 g/mol. The summed E-state index contributed by atoms with van der Waals surface area (Å²) >= 11 is 0. The van der Waals surface area contributed by atoms with Gasteiger partial charge < -0.3 is 15.0 Å². The van der Waals surface area contributed by atoms with Gasteiger partial charge in [-0.1, -0.05) is 13.8 Å². The predicted molar refractivity (Wildman–Crippen MR) is 79.7 cm³/mol. The summed E-state index contributed by atoms with van der Waals surface area (Å²) in [6.45, 7) is 10.8. The molecular weight excluding hydrogens is 254 g/mol. The molecule has 0 bridgehead atoms. The zero-order valence-electron chi connectivity index (χ0n) is 13.1. The summed E-state index contributed by atoms with van der Waals surface area (Å²) < 4.78 is 4.92. The Bertz CT molecular complexity index is 310. The molecule has 116 valence electrons. The molecule has 5 nitrogen and oxygen atoms in total. The third kappa shape index (κ3) is 5.04.